The Hall–Kier alpha value is -1.92. The molecular weight excluding hydrogens is 306 g/mol. The third kappa shape index (κ3) is 5.04. The number of nitrogens with two attached hydrogens (primary N) is 1. The van der Waals surface area contributed by atoms with Crippen molar-refractivity contribution in [2.75, 3.05) is 31.6 Å². The van der Waals surface area contributed by atoms with E-state index in [-0.39, 0.29) is 12.0 Å². The summed E-state index contributed by atoms with van der Waals surface area (Å²) in [6.07, 6.45) is 4.97. The van der Waals surface area contributed by atoms with Gasteiger partial charge in [-0.05, 0) is 55.9 Å². The standard InChI is InChI=1S/C18H25N3O3/c19-18(23)14-5-7-15(8-6-14)20-17(22)12-21(10-13-3-4-13)11-16-2-1-9-24-16/h5-8,13,16H,1-4,9-12H2,(H2,19,23)(H,20,22)/t16-/m0/s1. The van der Waals surface area contributed by atoms with Crippen molar-refractivity contribution in [3.8, 4) is 0 Å². The molecule has 1 aliphatic carbocycles. The molecule has 1 aromatic rings. The van der Waals surface area contributed by atoms with E-state index >= 15 is 0 Å². The van der Waals surface area contributed by atoms with Gasteiger partial charge in [-0.1, -0.05) is 0 Å². The van der Waals surface area contributed by atoms with Crippen molar-refractivity contribution in [1.82, 2.24) is 4.90 Å². The molecule has 2 amide bonds. The summed E-state index contributed by atoms with van der Waals surface area (Å²) in [5, 5.41) is 2.88. The molecule has 0 spiro atoms. The van der Waals surface area contributed by atoms with Gasteiger partial charge in [0.25, 0.3) is 0 Å². The molecule has 1 saturated heterocycles. The first kappa shape index (κ1) is 16.9. The van der Waals surface area contributed by atoms with Crippen molar-refractivity contribution in [2.45, 2.75) is 31.8 Å². The molecule has 0 aromatic heterocycles. The van der Waals surface area contributed by atoms with Crippen LogP contribution in [0.15, 0.2) is 24.3 Å². The molecule has 3 rings (SSSR count). The number of nitrogens with zero attached hydrogens (tertiary/aromatic N) is 1. The van der Waals surface area contributed by atoms with Crippen LogP contribution in [0.3, 0.4) is 0 Å². The van der Waals surface area contributed by atoms with E-state index < -0.39 is 5.91 Å². The van der Waals surface area contributed by atoms with Crippen LogP contribution in [0.25, 0.3) is 0 Å². The molecule has 130 valence electrons. The van der Waals surface area contributed by atoms with E-state index in [0.717, 1.165) is 38.5 Å². The molecule has 0 unspecified atom stereocenters. The number of anilines is 1. The van der Waals surface area contributed by atoms with Crippen molar-refractivity contribution >= 4 is 17.5 Å². The molecule has 1 atom stereocenters. The summed E-state index contributed by atoms with van der Waals surface area (Å²) < 4.78 is 5.70. The molecular formula is C18H25N3O3. The monoisotopic (exact) mass is 331 g/mol. The number of amides is 2. The maximum Gasteiger partial charge on any atom is 0.248 e. The lowest BCUT2D eigenvalue weighted by molar-refractivity contribution is -0.117. The van der Waals surface area contributed by atoms with Crippen molar-refractivity contribution in [3.05, 3.63) is 29.8 Å². The van der Waals surface area contributed by atoms with Gasteiger partial charge in [0, 0.05) is 30.9 Å². The molecule has 24 heavy (non-hydrogen) atoms. The number of primary amides is 1. The average molecular weight is 331 g/mol. The number of rotatable bonds is 8. The number of hydrogen-bond acceptors (Lipinski definition) is 4. The van der Waals surface area contributed by atoms with E-state index in [4.69, 9.17) is 10.5 Å². The first-order chi connectivity index (χ1) is 11.6. The van der Waals surface area contributed by atoms with Gasteiger partial charge in [0.15, 0.2) is 0 Å². The van der Waals surface area contributed by atoms with Gasteiger partial charge in [-0.15, -0.1) is 0 Å². The minimum absolute atomic E-state index is 0.0412. The lowest BCUT2D eigenvalue weighted by atomic mass is 10.2. The second-order valence-electron chi connectivity index (χ2n) is 6.76. The van der Waals surface area contributed by atoms with Gasteiger partial charge in [-0.3, -0.25) is 14.5 Å². The van der Waals surface area contributed by atoms with Crippen LogP contribution < -0.4 is 11.1 Å². The highest BCUT2D eigenvalue weighted by molar-refractivity contribution is 5.95. The van der Waals surface area contributed by atoms with E-state index in [0.29, 0.717) is 17.8 Å². The molecule has 1 aliphatic heterocycles. The van der Waals surface area contributed by atoms with Crippen molar-refractivity contribution < 1.29 is 14.3 Å². The Balaban J connectivity index is 1.52. The van der Waals surface area contributed by atoms with E-state index in [9.17, 15) is 9.59 Å². The van der Waals surface area contributed by atoms with E-state index in [1.165, 1.54) is 12.8 Å². The quantitative estimate of drug-likeness (QED) is 0.758. The fraction of sp³-hybridized carbons (Fsp3) is 0.556. The summed E-state index contributed by atoms with van der Waals surface area (Å²) >= 11 is 0. The van der Waals surface area contributed by atoms with Gasteiger partial charge in [-0.2, -0.15) is 0 Å². The summed E-state index contributed by atoms with van der Waals surface area (Å²) in [7, 11) is 0. The van der Waals surface area contributed by atoms with Crippen LogP contribution in [-0.2, 0) is 9.53 Å². The zero-order chi connectivity index (χ0) is 16.9. The molecule has 2 fully saturated rings. The second-order valence-corrected chi connectivity index (χ2v) is 6.76. The maximum absolute atomic E-state index is 12.3. The molecule has 2 aliphatic rings. The van der Waals surface area contributed by atoms with E-state index in [1.54, 1.807) is 24.3 Å². The summed E-state index contributed by atoms with van der Waals surface area (Å²) in [6.45, 7) is 2.99. The number of ether oxygens (including phenoxy) is 1. The van der Waals surface area contributed by atoms with Crippen LogP contribution in [0.5, 0.6) is 0 Å². The topological polar surface area (TPSA) is 84.7 Å². The highest BCUT2D eigenvalue weighted by Crippen LogP contribution is 2.30. The highest BCUT2D eigenvalue weighted by atomic mass is 16.5. The Morgan fingerprint density at radius 2 is 1.92 bits per heavy atom. The Labute approximate surface area is 142 Å². The van der Waals surface area contributed by atoms with Crippen LogP contribution in [0, 0.1) is 5.92 Å². The zero-order valence-corrected chi connectivity index (χ0v) is 13.9. The Morgan fingerprint density at radius 3 is 2.50 bits per heavy atom. The highest BCUT2D eigenvalue weighted by Gasteiger charge is 2.28. The maximum atomic E-state index is 12.3. The van der Waals surface area contributed by atoms with E-state index in [2.05, 4.69) is 10.2 Å². The predicted molar refractivity (Wildman–Crippen MR) is 91.7 cm³/mol. The minimum atomic E-state index is -0.472. The predicted octanol–water partition coefficient (Wildman–Crippen LogP) is 1.61. The molecule has 6 nitrogen and oxygen atoms in total. The summed E-state index contributed by atoms with van der Waals surface area (Å²) in [4.78, 5) is 25.6. The first-order valence-electron chi connectivity index (χ1n) is 8.64. The molecule has 0 bridgehead atoms. The van der Waals surface area contributed by atoms with Gasteiger partial charge in [0.2, 0.25) is 11.8 Å². The second kappa shape index (κ2) is 7.77. The lowest BCUT2D eigenvalue weighted by Crippen LogP contribution is -2.39. The van der Waals surface area contributed by atoms with Crippen LogP contribution in [0.4, 0.5) is 5.69 Å². The first-order valence-corrected chi connectivity index (χ1v) is 8.64. The van der Waals surface area contributed by atoms with Crippen LogP contribution in [0.1, 0.15) is 36.0 Å². The molecule has 1 saturated carbocycles. The van der Waals surface area contributed by atoms with Gasteiger partial charge in [0.05, 0.1) is 12.6 Å². The smallest absolute Gasteiger partial charge is 0.248 e. The SMILES string of the molecule is NC(=O)c1ccc(NC(=O)CN(CC2CC2)C[C@@H]2CCCO2)cc1. The zero-order valence-electron chi connectivity index (χ0n) is 13.9. The van der Waals surface area contributed by atoms with Crippen LogP contribution >= 0.6 is 0 Å². The van der Waals surface area contributed by atoms with Crippen molar-refractivity contribution in [2.24, 2.45) is 11.7 Å². The van der Waals surface area contributed by atoms with Gasteiger partial charge in [0.1, 0.15) is 0 Å². The fourth-order valence-electron chi connectivity index (χ4n) is 3.07. The third-order valence-electron chi connectivity index (χ3n) is 4.52. The normalized spacial score (nSPS) is 20.3. The molecule has 6 heteroatoms. The minimum Gasteiger partial charge on any atom is -0.377 e. The number of nitrogens with one attached hydrogen (secondary N) is 1. The Kier molecular flexibility index (Phi) is 5.48. The van der Waals surface area contributed by atoms with E-state index in [1.807, 2.05) is 0 Å². The van der Waals surface area contributed by atoms with Crippen LogP contribution in [-0.4, -0.2) is 49.1 Å². The van der Waals surface area contributed by atoms with Gasteiger partial charge in [-0.25, -0.2) is 0 Å². The Bertz CT molecular complexity index is 578. The molecule has 3 N–H and O–H groups in total. The summed E-state index contributed by atoms with van der Waals surface area (Å²) in [6, 6.07) is 6.63. The Morgan fingerprint density at radius 1 is 1.17 bits per heavy atom. The summed E-state index contributed by atoms with van der Waals surface area (Å²) in [5.74, 6) is 0.217. The number of hydrogen-bond donors (Lipinski definition) is 2. The average Bonchev–Trinajstić information content (AvgIpc) is 3.20. The molecule has 1 heterocycles. The third-order valence-corrected chi connectivity index (χ3v) is 4.52. The van der Waals surface area contributed by atoms with Crippen LogP contribution in [0.2, 0.25) is 0 Å². The number of carbonyl (C=O) groups excluding carboxylic acids is 2. The van der Waals surface area contributed by atoms with Crippen molar-refractivity contribution in [1.29, 1.82) is 0 Å². The fourth-order valence-corrected chi connectivity index (χ4v) is 3.07. The molecule has 0 radical (unpaired) electrons. The van der Waals surface area contributed by atoms with Gasteiger partial charge >= 0.3 is 0 Å². The lowest BCUT2D eigenvalue weighted by Gasteiger charge is -2.24. The van der Waals surface area contributed by atoms with Gasteiger partial charge < -0.3 is 15.8 Å². The largest absolute Gasteiger partial charge is 0.377 e. The molecule has 1 aromatic carbocycles. The summed E-state index contributed by atoms with van der Waals surface area (Å²) in [5.41, 5.74) is 6.32. The number of benzene rings is 1. The number of carbonyl (C=O) groups is 2. The van der Waals surface area contributed by atoms with Crippen molar-refractivity contribution in [3.63, 3.8) is 0 Å².